The highest BCUT2D eigenvalue weighted by atomic mass is 32.2. The summed E-state index contributed by atoms with van der Waals surface area (Å²) >= 11 is 6.39. The van der Waals surface area contributed by atoms with E-state index in [1.54, 1.807) is 0 Å². The van der Waals surface area contributed by atoms with Gasteiger partial charge in [0.25, 0.3) is 0 Å². The van der Waals surface area contributed by atoms with Crippen molar-refractivity contribution in [1.29, 1.82) is 5.26 Å². The first-order chi connectivity index (χ1) is 4.81. The summed E-state index contributed by atoms with van der Waals surface area (Å²) in [6.45, 7) is 0.813. The lowest BCUT2D eigenvalue weighted by molar-refractivity contribution is 0.805. The van der Waals surface area contributed by atoms with E-state index in [4.69, 9.17) is 17.5 Å². The number of rotatable bonds is 3. The molecule has 10 heavy (non-hydrogen) atoms. The Morgan fingerprint density at radius 2 is 2.50 bits per heavy atom. The quantitative estimate of drug-likeness (QED) is 0.520. The van der Waals surface area contributed by atoms with Crippen molar-refractivity contribution < 1.29 is 0 Å². The highest BCUT2D eigenvalue weighted by Gasteiger charge is 1.89. The molecule has 0 aromatic carbocycles. The van der Waals surface area contributed by atoms with Crippen molar-refractivity contribution >= 4 is 28.3 Å². The molecule has 0 bridgehead atoms. The molecule has 0 saturated heterocycles. The van der Waals surface area contributed by atoms with Crippen LogP contribution in [0.5, 0.6) is 0 Å². The zero-order valence-electron chi connectivity index (χ0n) is 5.89. The molecule has 0 atom stereocenters. The van der Waals surface area contributed by atoms with Crippen LogP contribution in [0.4, 0.5) is 0 Å². The van der Waals surface area contributed by atoms with Crippen molar-refractivity contribution in [3.63, 3.8) is 0 Å². The maximum atomic E-state index is 8.17. The third-order valence-electron chi connectivity index (χ3n) is 0.920. The van der Waals surface area contributed by atoms with Crippen LogP contribution < -0.4 is 5.32 Å². The van der Waals surface area contributed by atoms with Gasteiger partial charge in [0.2, 0.25) is 0 Å². The summed E-state index contributed by atoms with van der Waals surface area (Å²) < 4.78 is 0.804. The lowest BCUT2D eigenvalue weighted by Gasteiger charge is -2.01. The minimum absolute atomic E-state index is 0.601. The molecule has 4 heteroatoms. The van der Waals surface area contributed by atoms with Crippen molar-refractivity contribution in [3.8, 4) is 6.07 Å². The summed E-state index contributed by atoms with van der Waals surface area (Å²) in [6.07, 6.45) is 3.40. The lowest BCUT2D eigenvalue weighted by atomic mass is 10.3. The van der Waals surface area contributed by atoms with Crippen molar-refractivity contribution in [3.05, 3.63) is 0 Å². The van der Waals surface area contributed by atoms with Crippen LogP contribution in [0.15, 0.2) is 0 Å². The number of hydrogen-bond donors (Lipinski definition) is 1. The van der Waals surface area contributed by atoms with Gasteiger partial charge in [-0.25, -0.2) is 0 Å². The van der Waals surface area contributed by atoms with E-state index in [1.807, 2.05) is 6.26 Å². The monoisotopic (exact) mass is 174 g/mol. The Bertz CT molecular complexity index is 139. The molecular formula is C6H10N2S2. The third kappa shape index (κ3) is 5.86. The highest BCUT2D eigenvalue weighted by molar-refractivity contribution is 8.22. The fraction of sp³-hybridized carbons (Fsp3) is 0.667. The van der Waals surface area contributed by atoms with Crippen molar-refractivity contribution in [2.24, 2.45) is 0 Å². The molecule has 0 radical (unpaired) electrons. The van der Waals surface area contributed by atoms with Gasteiger partial charge in [-0.3, -0.25) is 0 Å². The Labute approximate surface area is 71.0 Å². The zero-order valence-corrected chi connectivity index (χ0v) is 7.52. The minimum atomic E-state index is 0.601. The molecule has 0 aliphatic rings. The van der Waals surface area contributed by atoms with Gasteiger partial charge in [0.15, 0.2) is 0 Å². The maximum Gasteiger partial charge on any atom is 0.133 e. The van der Waals surface area contributed by atoms with Crippen molar-refractivity contribution in [2.45, 2.75) is 12.8 Å². The fourth-order valence-electron chi connectivity index (χ4n) is 0.430. The van der Waals surface area contributed by atoms with E-state index in [1.165, 1.54) is 11.8 Å². The summed E-state index contributed by atoms with van der Waals surface area (Å²) in [6, 6.07) is 2.07. The molecule has 56 valence electrons. The van der Waals surface area contributed by atoms with Gasteiger partial charge in [0.1, 0.15) is 4.32 Å². The van der Waals surface area contributed by atoms with E-state index in [2.05, 4.69) is 11.4 Å². The van der Waals surface area contributed by atoms with E-state index >= 15 is 0 Å². The summed E-state index contributed by atoms with van der Waals surface area (Å²) in [4.78, 5) is 0. The molecule has 0 heterocycles. The Morgan fingerprint density at radius 3 is 3.00 bits per heavy atom. The Kier molecular flexibility index (Phi) is 6.66. The second-order valence-electron chi connectivity index (χ2n) is 1.68. The smallest absolute Gasteiger partial charge is 0.133 e. The highest BCUT2D eigenvalue weighted by Crippen LogP contribution is 1.93. The molecule has 0 fully saturated rings. The Hall–Kier alpha value is -0.270. The van der Waals surface area contributed by atoms with Gasteiger partial charge in [-0.1, -0.05) is 12.2 Å². The predicted molar refractivity (Wildman–Crippen MR) is 49.0 cm³/mol. The summed E-state index contributed by atoms with van der Waals surface area (Å²) in [5, 5.41) is 11.2. The van der Waals surface area contributed by atoms with Crippen LogP contribution in [0.25, 0.3) is 0 Å². The van der Waals surface area contributed by atoms with Crippen LogP contribution in [0.3, 0.4) is 0 Å². The van der Waals surface area contributed by atoms with E-state index < -0.39 is 0 Å². The second kappa shape index (κ2) is 6.84. The molecular weight excluding hydrogens is 164 g/mol. The van der Waals surface area contributed by atoms with E-state index in [0.29, 0.717) is 6.42 Å². The molecule has 2 nitrogen and oxygen atoms in total. The number of hydrogen-bond acceptors (Lipinski definition) is 3. The number of thioether (sulfide) groups is 1. The Morgan fingerprint density at radius 1 is 1.80 bits per heavy atom. The largest absolute Gasteiger partial charge is 0.371 e. The van der Waals surface area contributed by atoms with E-state index in [0.717, 1.165) is 17.3 Å². The van der Waals surface area contributed by atoms with Gasteiger partial charge >= 0.3 is 0 Å². The van der Waals surface area contributed by atoms with Gasteiger partial charge in [-0.05, 0) is 12.7 Å². The molecule has 0 unspecified atom stereocenters. The maximum absolute atomic E-state index is 8.17. The molecule has 0 aliphatic heterocycles. The Balaban J connectivity index is 3.05. The topological polar surface area (TPSA) is 35.8 Å². The average Bonchev–Trinajstić information content (AvgIpc) is 1.98. The van der Waals surface area contributed by atoms with Crippen molar-refractivity contribution in [1.82, 2.24) is 5.32 Å². The molecule has 0 spiro atoms. The molecule has 1 N–H and O–H groups in total. The van der Waals surface area contributed by atoms with Crippen LogP contribution >= 0.6 is 24.0 Å². The van der Waals surface area contributed by atoms with Gasteiger partial charge in [-0.2, -0.15) is 5.26 Å². The first-order valence-electron chi connectivity index (χ1n) is 3.00. The molecule has 0 aromatic rings. The lowest BCUT2D eigenvalue weighted by Crippen LogP contribution is -2.18. The van der Waals surface area contributed by atoms with Crippen LogP contribution in [0.1, 0.15) is 12.8 Å². The van der Waals surface area contributed by atoms with E-state index in [9.17, 15) is 0 Å². The van der Waals surface area contributed by atoms with Crippen molar-refractivity contribution in [2.75, 3.05) is 12.8 Å². The molecule has 0 aliphatic carbocycles. The number of unbranched alkanes of at least 4 members (excludes halogenated alkanes) is 1. The summed E-state index contributed by atoms with van der Waals surface area (Å²) in [7, 11) is 0. The van der Waals surface area contributed by atoms with Crippen LogP contribution in [0, 0.1) is 11.3 Å². The first kappa shape index (κ1) is 9.73. The standard InChI is InChI=1S/C6H10N2S2/c1-10-6(9)8-5-3-2-4-7/h2-3,5H2,1H3,(H,8,9). The van der Waals surface area contributed by atoms with Gasteiger partial charge in [0, 0.05) is 13.0 Å². The fourth-order valence-corrected chi connectivity index (χ4v) is 0.779. The van der Waals surface area contributed by atoms with E-state index in [-0.39, 0.29) is 0 Å². The molecule has 0 rings (SSSR count). The SMILES string of the molecule is CSC(=S)NCCCC#N. The first-order valence-corrected chi connectivity index (χ1v) is 4.63. The number of nitrogens with one attached hydrogen (secondary N) is 1. The van der Waals surface area contributed by atoms with Gasteiger partial charge in [-0.15, -0.1) is 11.8 Å². The van der Waals surface area contributed by atoms with Gasteiger partial charge in [0.05, 0.1) is 6.07 Å². The number of nitrogens with zero attached hydrogens (tertiary/aromatic N) is 1. The molecule has 0 amide bonds. The van der Waals surface area contributed by atoms with Crippen LogP contribution in [-0.4, -0.2) is 17.1 Å². The molecule has 0 saturated carbocycles. The minimum Gasteiger partial charge on any atom is -0.371 e. The summed E-state index contributed by atoms with van der Waals surface area (Å²) in [5.41, 5.74) is 0. The third-order valence-corrected chi connectivity index (χ3v) is 2.08. The van der Waals surface area contributed by atoms with Crippen LogP contribution in [-0.2, 0) is 0 Å². The zero-order chi connectivity index (χ0) is 7.82. The van der Waals surface area contributed by atoms with Crippen LogP contribution in [0.2, 0.25) is 0 Å². The predicted octanol–water partition coefficient (Wildman–Crippen LogP) is 1.53. The number of nitriles is 1. The second-order valence-corrected chi connectivity index (χ2v) is 3.16. The average molecular weight is 174 g/mol. The normalized spacial score (nSPS) is 8.40. The molecule has 0 aromatic heterocycles. The number of thiocarbonyl (C=S) groups is 1. The van der Waals surface area contributed by atoms with Gasteiger partial charge < -0.3 is 5.32 Å². The summed E-state index contributed by atoms with van der Waals surface area (Å²) in [5.74, 6) is 0.